The molecular formula is C25H22F2N4O6. The number of halogens is 2. The number of nitrogens with one attached hydrogen (secondary N) is 1. The molecule has 1 N–H and O–H groups in total. The minimum Gasteiger partial charge on any atom is -0.494 e. The van der Waals surface area contributed by atoms with Crippen LogP contribution in [0.1, 0.15) is 28.1 Å². The number of anilines is 1. The Hall–Kier alpha value is -4.06. The van der Waals surface area contributed by atoms with E-state index in [4.69, 9.17) is 13.9 Å². The molecule has 0 bridgehead atoms. The van der Waals surface area contributed by atoms with Gasteiger partial charge in [0.15, 0.2) is 28.8 Å². The van der Waals surface area contributed by atoms with Gasteiger partial charge in [0, 0.05) is 38.3 Å². The van der Waals surface area contributed by atoms with Crippen molar-refractivity contribution in [3.05, 3.63) is 52.8 Å². The van der Waals surface area contributed by atoms with Gasteiger partial charge < -0.3 is 23.7 Å². The predicted octanol–water partition coefficient (Wildman–Crippen LogP) is 1.89. The van der Waals surface area contributed by atoms with Crippen LogP contribution >= 0.6 is 0 Å². The monoisotopic (exact) mass is 512 g/mol. The fourth-order valence-corrected chi connectivity index (χ4v) is 5.22. The minimum absolute atomic E-state index is 0.0343. The number of rotatable bonds is 5. The molecule has 0 saturated carbocycles. The van der Waals surface area contributed by atoms with Crippen molar-refractivity contribution in [2.45, 2.75) is 18.4 Å². The summed E-state index contributed by atoms with van der Waals surface area (Å²) in [5.74, 6) is -3.08. The summed E-state index contributed by atoms with van der Waals surface area (Å²) in [5, 5.41) is 2.28. The summed E-state index contributed by atoms with van der Waals surface area (Å²) < 4.78 is 46.0. The molecule has 3 aromatic rings. The first kappa shape index (κ1) is 23.3. The van der Waals surface area contributed by atoms with Crippen LogP contribution < -0.4 is 15.0 Å². The number of furan rings is 1. The molecule has 192 valence electrons. The maximum atomic E-state index is 14.9. The lowest BCUT2D eigenvalue weighted by Gasteiger charge is -2.28. The Morgan fingerprint density at radius 1 is 1.16 bits per heavy atom. The molecule has 10 nitrogen and oxygen atoms in total. The van der Waals surface area contributed by atoms with Crippen LogP contribution in [-0.4, -0.2) is 67.6 Å². The highest BCUT2D eigenvalue weighted by molar-refractivity contribution is 6.10. The van der Waals surface area contributed by atoms with Crippen LogP contribution in [0.15, 0.2) is 28.7 Å². The second-order valence-corrected chi connectivity index (χ2v) is 9.30. The molecule has 3 aliphatic heterocycles. The third kappa shape index (κ3) is 3.62. The zero-order valence-corrected chi connectivity index (χ0v) is 19.8. The molecule has 0 radical (unpaired) electrons. The lowest BCUT2D eigenvalue weighted by Crippen LogP contribution is -2.46. The van der Waals surface area contributed by atoms with Gasteiger partial charge in [-0.25, -0.2) is 13.8 Å². The van der Waals surface area contributed by atoms with E-state index in [1.807, 2.05) is 0 Å². The molecule has 2 fully saturated rings. The van der Waals surface area contributed by atoms with Gasteiger partial charge in [-0.2, -0.15) is 0 Å². The average molecular weight is 512 g/mol. The van der Waals surface area contributed by atoms with Crippen LogP contribution in [0.25, 0.3) is 11.1 Å². The van der Waals surface area contributed by atoms with Crippen molar-refractivity contribution in [2.75, 3.05) is 44.9 Å². The number of carbonyl (C=O) groups is 3. The molecule has 37 heavy (non-hydrogen) atoms. The van der Waals surface area contributed by atoms with Crippen LogP contribution in [0.5, 0.6) is 5.75 Å². The lowest BCUT2D eigenvalue weighted by atomic mass is 9.82. The van der Waals surface area contributed by atoms with Crippen molar-refractivity contribution in [3.63, 3.8) is 0 Å². The molecule has 2 aromatic heterocycles. The third-order valence-electron chi connectivity index (χ3n) is 7.11. The lowest BCUT2D eigenvalue weighted by molar-refractivity contribution is -0.127. The molecular weight excluding hydrogens is 490 g/mol. The molecule has 5 heterocycles. The van der Waals surface area contributed by atoms with Crippen molar-refractivity contribution in [1.29, 1.82) is 0 Å². The number of hydrogen-bond donors (Lipinski definition) is 1. The summed E-state index contributed by atoms with van der Waals surface area (Å²) in [6.07, 6.45) is -0.295. The number of fused-ring (bicyclic) bond motifs is 2. The first-order valence-electron chi connectivity index (χ1n) is 11.7. The van der Waals surface area contributed by atoms with Crippen LogP contribution in [0.3, 0.4) is 0 Å². The van der Waals surface area contributed by atoms with E-state index in [0.29, 0.717) is 37.4 Å². The summed E-state index contributed by atoms with van der Waals surface area (Å²) in [4.78, 5) is 46.1. The third-order valence-corrected chi connectivity index (χ3v) is 7.11. The number of benzene rings is 1. The quantitative estimate of drug-likeness (QED) is 0.516. The van der Waals surface area contributed by atoms with Crippen molar-refractivity contribution in [1.82, 2.24) is 15.2 Å². The number of ether oxygens (including phenoxy) is 2. The molecule has 6 rings (SSSR count). The molecule has 0 unspecified atom stereocenters. The summed E-state index contributed by atoms with van der Waals surface area (Å²) in [7, 11) is 1.30. The van der Waals surface area contributed by atoms with Gasteiger partial charge in [0.05, 0.1) is 32.3 Å². The van der Waals surface area contributed by atoms with E-state index in [1.54, 1.807) is 11.0 Å². The number of carbonyl (C=O) groups excluding carboxylic acids is 3. The van der Waals surface area contributed by atoms with Gasteiger partial charge in [0.1, 0.15) is 16.7 Å². The second-order valence-electron chi connectivity index (χ2n) is 9.30. The van der Waals surface area contributed by atoms with Crippen LogP contribution in [-0.2, 0) is 26.3 Å². The Labute approximate surface area is 209 Å². The van der Waals surface area contributed by atoms with E-state index in [1.165, 1.54) is 30.2 Å². The summed E-state index contributed by atoms with van der Waals surface area (Å²) in [6.45, 7) is 1.62. The highest BCUT2D eigenvalue weighted by Gasteiger charge is 2.53. The van der Waals surface area contributed by atoms with Crippen LogP contribution in [0.2, 0.25) is 0 Å². The number of morpholine rings is 1. The van der Waals surface area contributed by atoms with Gasteiger partial charge in [0.2, 0.25) is 11.8 Å². The van der Waals surface area contributed by atoms with Crippen LogP contribution in [0, 0.1) is 11.6 Å². The molecule has 1 aromatic carbocycles. The first-order valence-corrected chi connectivity index (χ1v) is 11.7. The van der Waals surface area contributed by atoms with Gasteiger partial charge in [-0.15, -0.1) is 0 Å². The number of pyridine rings is 1. The fourth-order valence-electron chi connectivity index (χ4n) is 5.22. The molecule has 3 aliphatic rings. The van der Waals surface area contributed by atoms with Gasteiger partial charge >= 0.3 is 0 Å². The Kier molecular flexibility index (Phi) is 5.37. The van der Waals surface area contributed by atoms with Crippen molar-refractivity contribution >= 4 is 34.6 Å². The van der Waals surface area contributed by atoms with E-state index in [9.17, 15) is 23.2 Å². The second kappa shape index (κ2) is 8.51. The fraction of sp³-hybridized carbons (Fsp3) is 0.360. The van der Waals surface area contributed by atoms with E-state index in [-0.39, 0.29) is 48.0 Å². The summed E-state index contributed by atoms with van der Waals surface area (Å²) in [5.41, 5.74) is -0.889. The van der Waals surface area contributed by atoms with Crippen molar-refractivity contribution in [2.24, 2.45) is 0 Å². The van der Waals surface area contributed by atoms with Crippen LogP contribution in [0.4, 0.5) is 14.6 Å². The highest BCUT2D eigenvalue weighted by atomic mass is 19.1. The maximum Gasteiger partial charge on any atom is 0.257 e. The standard InChI is InChI=1S/C25H22F2N4O6/c1-35-16-3-2-13-11-31(23(33)20(13)21(16)27)12-25(10-19(32)29-24(25)34)18-9-15-17(37-18)8-14(26)22(28-15)30-4-6-36-7-5-30/h2-3,8-9H,4-7,10-12H2,1H3,(H,29,32,34)/t25-/m1/s1. The normalized spacial score (nSPS) is 21.6. The number of aromatic nitrogens is 1. The minimum atomic E-state index is -1.59. The Balaban J connectivity index is 1.38. The first-order chi connectivity index (χ1) is 17.8. The van der Waals surface area contributed by atoms with E-state index >= 15 is 0 Å². The number of methoxy groups -OCH3 is 1. The predicted molar refractivity (Wildman–Crippen MR) is 124 cm³/mol. The molecule has 3 amide bonds. The van der Waals surface area contributed by atoms with Crippen molar-refractivity contribution in [3.8, 4) is 5.75 Å². The van der Waals surface area contributed by atoms with Gasteiger partial charge in [-0.05, 0) is 11.6 Å². The topological polar surface area (TPSA) is 114 Å². The van der Waals surface area contributed by atoms with E-state index in [0.717, 1.165) is 0 Å². The van der Waals surface area contributed by atoms with E-state index < -0.39 is 34.8 Å². The zero-order chi connectivity index (χ0) is 25.9. The molecule has 1 atom stereocenters. The SMILES string of the molecule is COc1ccc2c(c1F)C(=O)N(C[C@@]1(c3cc4nc(N5CCOCC5)c(F)cc4o3)CC(=O)NC1=O)C2. The highest BCUT2D eigenvalue weighted by Crippen LogP contribution is 2.40. The Bertz CT molecular complexity index is 1470. The average Bonchev–Trinajstić information content (AvgIpc) is 3.53. The van der Waals surface area contributed by atoms with Gasteiger partial charge in [-0.1, -0.05) is 6.07 Å². The number of hydrogen-bond acceptors (Lipinski definition) is 8. The Morgan fingerprint density at radius 2 is 1.95 bits per heavy atom. The van der Waals surface area contributed by atoms with Gasteiger partial charge in [-0.3, -0.25) is 19.7 Å². The molecule has 0 aliphatic carbocycles. The molecule has 2 saturated heterocycles. The molecule has 12 heteroatoms. The van der Waals surface area contributed by atoms with E-state index in [2.05, 4.69) is 10.3 Å². The zero-order valence-electron chi connectivity index (χ0n) is 19.8. The smallest absolute Gasteiger partial charge is 0.257 e. The summed E-state index contributed by atoms with van der Waals surface area (Å²) in [6, 6.07) is 5.70. The van der Waals surface area contributed by atoms with Gasteiger partial charge in [0.25, 0.3) is 5.91 Å². The summed E-state index contributed by atoms with van der Waals surface area (Å²) >= 11 is 0. The number of imide groups is 1. The molecule has 0 spiro atoms. The number of amides is 3. The Morgan fingerprint density at radius 3 is 2.65 bits per heavy atom. The maximum absolute atomic E-state index is 14.9. The number of nitrogens with zero attached hydrogens (tertiary/aromatic N) is 3. The van der Waals surface area contributed by atoms with Crippen molar-refractivity contribution < 1.29 is 37.1 Å². The largest absolute Gasteiger partial charge is 0.494 e.